The van der Waals surface area contributed by atoms with Crippen molar-refractivity contribution >= 4 is 28.1 Å². The molecule has 0 bridgehead atoms. The number of carbonyl (C=O) groups excluding carboxylic acids is 1. The lowest BCUT2D eigenvalue weighted by Gasteiger charge is -2.03. The molecule has 0 aliphatic carbocycles. The van der Waals surface area contributed by atoms with Crippen molar-refractivity contribution in [2.75, 3.05) is 6.61 Å². The third-order valence-electron chi connectivity index (χ3n) is 2.73. The summed E-state index contributed by atoms with van der Waals surface area (Å²) in [7, 11) is 0. The number of benzene rings is 2. The van der Waals surface area contributed by atoms with E-state index in [1.165, 1.54) is 0 Å². The maximum atomic E-state index is 11.8. The molecule has 1 N–H and O–H groups in total. The van der Waals surface area contributed by atoms with Gasteiger partial charge in [0.1, 0.15) is 12.4 Å². The smallest absolute Gasteiger partial charge is 0.271 e. The van der Waals surface area contributed by atoms with Gasteiger partial charge in [-0.15, -0.1) is 0 Å². The van der Waals surface area contributed by atoms with Crippen molar-refractivity contribution < 1.29 is 9.53 Å². The molecule has 0 atom stereocenters. The molecular weight excluding hydrogens is 344 g/mol. The first-order valence-corrected chi connectivity index (χ1v) is 7.41. The van der Waals surface area contributed by atoms with Crippen LogP contribution in [0.4, 0.5) is 0 Å². The monoisotopic (exact) mass is 358 g/mol. The van der Waals surface area contributed by atoms with E-state index in [4.69, 9.17) is 4.74 Å². The molecule has 2 aromatic rings. The summed E-state index contributed by atoms with van der Waals surface area (Å²) >= 11 is 3.32. The van der Waals surface area contributed by atoms with Gasteiger partial charge in [0, 0.05) is 10.0 Å². The van der Waals surface area contributed by atoms with Gasteiger partial charge in [-0.2, -0.15) is 5.10 Å². The van der Waals surface area contributed by atoms with Gasteiger partial charge in [-0.3, -0.25) is 4.79 Å². The average molecular weight is 359 g/mol. The van der Waals surface area contributed by atoms with E-state index >= 15 is 0 Å². The molecule has 0 aromatic heterocycles. The van der Waals surface area contributed by atoms with Crippen LogP contribution in [0.5, 0.6) is 5.75 Å². The van der Waals surface area contributed by atoms with Gasteiger partial charge in [0.05, 0.1) is 6.21 Å². The van der Waals surface area contributed by atoms with Crippen LogP contribution in [-0.2, 0) is 0 Å². The van der Waals surface area contributed by atoms with Crippen LogP contribution >= 0.6 is 15.9 Å². The Balaban J connectivity index is 1.90. The third kappa shape index (κ3) is 4.86. The van der Waals surface area contributed by atoms with Gasteiger partial charge in [-0.1, -0.05) is 28.6 Å². The number of hydrazone groups is 1. The first-order chi connectivity index (χ1) is 10.7. The molecule has 0 aliphatic rings. The summed E-state index contributed by atoms with van der Waals surface area (Å²) in [6.07, 6.45) is 3.26. The number of amides is 1. The number of carbonyl (C=O) groups is 1. The maximum Gasteiger partial charge on any atom is 0.271 e. The highest BCUT2D eigenvalue weighted by atomic mass is 79.9. The minimum atomic E-state index is -0.255. The Morgan fingerprint density at radius 2 is 1.86 bits per heavy atom. The van der Waals surface area contributed by atoms with Crippen molar-refractivity contribution in [2.45, 2.75) is 0 Å². The molecule has 0 fully saturated rings. The SMILES string of the molecule is C=CCOc1ccc(/C=N/NC(=O)c2ccc(Br)cc2)cc1. The van der Waals surface area contributed by atoms with E-state index < -0.39 is 0 Å². The van der Waals surface area contributed by atoms with E-state index in [0.717, 1.165) is 15.8 Å². The Bertz CT molecular complexity index is 664. The zero-order valence-corrected chi connectivity index (χ0v) is 13.4. The summed E-state index contributed by atoms with van der Waals surface area (Å²) in [6.45, 7) is 4.06. The van der Waals surface area contributed by atoms with Crippen LogP contribution in [0, 0.1) is 0 Å². The molecule has 2 rings (SSSR count). The quantitative estimate of drug-likeness (QED) is 0.485. The summed E-state index contributed by atoms with van der Waals surface area (Å²) in [6, 6.07) is 14.4. The van der Waals surface area contributed by atoms with Crippen molar-refractivity contribution in [1.82, 2.24) is 5.43 Å². The number of hydrogen-bond acceptors (Lipinski definition) is 3. The van der Waals surface area contributed by atoms with E-state index in [0.29, 0.717) is 12.2 Å². The predicted octanol–water partition coefficient (Wildman–Crippen LogP) is 3.78. The Morgan fingerprint density at radius 3 is 2.50 bits per heavy atom. The number of ether oxygens (including phenoxy) is 1. The minimum Gasteiger partial charge on any atom is -0.490 e. The van der Waals surface area contributed by atoms with Crippen molar-refractivity contribution in [3.63, 3.8) is 0 Å². The van der Waals surface area contributed by atoms with E-state index in [1.807, 2.05) is 24.3 Å². The zero-order chi connectivity index (χ0) is 15.8. The Labute approximate surface area is 137 Å². The number of nitrogens with one attached hydrogen (secondary N) is 1. The second-order valence-corrected chi connectivity index (χ2v) is 5.29. The lowest BCUT2D eigenvalue weighted by atomic mass is 10.2. The highest BCUT2D eigenvalue weighted by Gasteiger charge is 2.02. The fraction of sp³-hybridized carbons (Fsp3) is 0.0588. The molecule has 0 heterocycles. The Kier molecular flexibility index (Phi) is 5.91. The van der Waals surface area contributed by atoms with Crippen molar-refractivity contribution in [1.29, 1.82) is 0 Å². The summed E-state index contributed by atoms with van der Waals surface area (Å²) in [5.41, 5.74) is 3.90. The van der Waals surface area contributed by atoms with Crippen molar-refractivity contribution in [3.05, 3.63) is 76.8 Å². The molecule has 0 spiro atoms. The van der Waals surface area contributed by atoms with Gasteiger partial charge in [0.15, 0.2) is 0 Å². The van der Waals surface area contributed by atoms with Crippen LogP contribution in [0.15, 0.2) is 70.8 Å². The standard InChI is InChI=1S/C17H15BrN2O2/c1-2-11-22-16-9-3-13(4-10-16)12-19-20-17(21)14-5-7-15(18)8-6-14/h2-10,12H,1,11H2,(H,20,21)/b19-12+. The second kappa shape index (κ2) is 8.14. The molecule has 0 unspecified atom stereocenters. The predicted molar refractivity (Wildman–Crippen MR) is 91.3 cm³/mol. The van der Waals surface area contributed by atoms with Gasteiger partial charge in [0.25, 0.3) is 5.91 Å². The van der Waals surface area contributed by atoms with Crippen LogP contribution in [-0.4, -0.2) is 18.7 Å². The molecule has 4 nitrogen and oxygen atoms in total. The van der Waals surface area contributed by atoms with Gasteiger partial charge in [-0.05, 0) is 54.1 Å². The summed E-state index contributed by atoms with van der Waals surface area (Å²) in [5, 5.41) is 3.94. The molecule has 5 heteroatoms. The van der Waals surface area contributed by atoms with E-state index in [1.54, 1.807) is 36.6 Å². The fourth-order valence-corrected chi connectivity index (χ4v) is 1.90. The van der Waals surface area contributed by atoms with E-state index in [-0.39, 0.29) is 5.91 Å². The van der Waals surface area contributed by atoms with Gasteiger partial charge < -0.3 is 4.74 Å². The van der Waals surface area contributed by atoms with Gasteiger partial charge >= 0.3 is 0 Å². The van der Waals surface area contributed by atoms with Crippen LogP contribution in [0.2, 0.25) is 0 Å². The summed E-state index contributed by atoms with van der Waals surface area (Å²) in [5.74, 6) is 0.505. The minimum absolute atomic E-state index is 0.255. The summed E-state index contributed by atoms with van der Waals surface area (Å²) in [4.78, 5) is 11.8. The topological polar surface area (TPSA) is 50.7 Å². The highest BCUT2D eigenvalue weighted by molar-refractivity contribution is 9.10. The lowest BCUT2D eigenvalue weighted by molar-refractivity contribution is 0.0955. The molecule has 22 heavy (non-hydrogen) atoms. The highest BCUT2D eigenvalue weighted by Crippen LogP contribution is 2.11. The normalized spacial score (nSPS) is 10.4. The van der Waals surface area contributed by atoms with Gasteiger partial charge in [0.2, 0.25) is 0 Å². The molecule has 112 valence electrons. The molecule has 1 amide bonds. The maximum absolute atomic E-state index is 11.8. The first kappa shape index (κ1) is 16.0. The second-order valence-electron chi connectivity index (χ2n) is 4.37. The van der Waals surface area contributed by atoms with Crippen LogP contribution < -0.4 is 10.2 Å². The van der Waals surface area contributed by atoms with Crippen LogP contribution in [0.1, 0.15) is 15.9 Å². The molecule has 0 aliphatic heterocycles. The molecule has 0 saturated carbocycles. The van der Waals surface area contributed by atoms with E-state index in [2.05, 4.69) is 33.0 Å². The van der Waals surface area contributed by atoms with Crippen LogP contribution in [0.3, 0.4) is 0 Å². The van der Waals surface area contributed by atoms with Crippen molar-refractivity contribution in [2.24, 2.45) is 5.10 Å². The molecule has 0 radical (unpaired) electrons. The van der Waals surface area contributed by atoms with Gasteiger partial charge in [-0.25, -0.2) is 5.43 Å². The van der Waals surface area contributed by atoms with Crippen molar-refractivity contribution in [3.8, 4) is 5.75 Å². The molecular formula is C17H15BrN2O2. The summed E-state index contributed by atoms with van der Waals surface area (Å²) < 4.78 is 6.31. The molecule has 0 saturated heterocycles. The Morgan fingerprint density at radius 1 is 1.18 bits per heavy atom. The number of nitrogens with zero attached hydrogens (tertiary/aromatic N) is 1. The lowest BCUT2D eigenvalue weighted by Crippen LogP contribution is -2.17. The third-order valence-corrected chi connectivity index (χ3v) is 3.26. The fourth-order valence-electron chi connectivity index (χ4n) is 1.64. The number of halogens is 1. The van der Waals surface area contributed by atoms with Crippen LogP contribution in [0.25, 0.3) is 0 Å². The number of hydrogen-bond donors (Lipinski definition) is 1. The largest absolute Gasteiger partial charge is 0.490 e. The van der Waals surface area contributed by atoms with E-state index in [9.17, 15) is 4.79 Å². The Hall–Kier alpha value is -2.40. The molecule has 2 aromatic carbocycles. The first-order valence-electron chi connectivity index (χ1n) is 6.62. The zero-order valence-electron chi connectivity index (χ0n) is 11.8. The average Bonchev–Trinajstić information content (AvgIpc) is 2.54. The number of rotatable bonds is 6.